The lowest BCUT2D eigenvalue weighted by Crippen LogP contribution is -2.45. The number of hydrogen-bond acceptors (Lipinski definition) is 3. The molecule has 0 saturated heterocycles. The van der Waals surface area contributed by atoms with Gasteiger partial charge in [0.25, 0.3) is 0 Å². The highest BCUT2D eigenvalue weighted by molar-refractivity contribution is 5.82. The van der Waals surface area contributed by atoms with Gasteiger partial charge in [0, 0.05) is 23.8 Å². The number of benzene rings is 1. The smallest absolute Gasteiger partial charge is 0.0874 e. The number of allylic oxidation sites excluding steroid dienone is 3. The highest BCUT2D eigenvalue weighted by Crippen LogP contribution is 2.57. The molecule has 33 heavy (non-hydrogen) atoms. The Morgan fingerprint density at radius 3 is 2.79 bits per heavy atom. The molecule has 0 aliphatic heterocycles. The molecule has 5 rings (SSSR count). The van der Waals surface area contributed by atoms with E-state index in [1.54, 1.807) is 0 Å². The van der Waals surface area contributed by atoms with Crippen LogP contribution in [0, 0.1) is 11.3 Å². The van der Waals surface area contributed by atoms with Gasteiger partial charge in [0.2, 0.25) is 0 Å². The van der Waals surface area contributed by atoms with E-state index in [4.69, 9.17) is 0 Å². The Labute approximate surface area is 199 Å². The Bertz CT molecular complexity index is 1060. The third kappa shape index (κ3) is 4.31. The Morgan fingerprint density at radius 1 is 1.06 bits per heavy atom. The fourth-order valence-electron chi connectivity index (χ4n) is 7.23. The highest BCUT2D eigenvalue weighted by Gasteiger charge is 2.46. The Hall–Kier alpha value is -1.97. The van der Waals surface area contributed by atoms with Gasteiger partial charge in [0.1, 0.15) is 0 Å². The molecule has 2 fully saturated rings. The van der Waals surface area contributed by atoms with Crippen LogP contribution in [0.25, 0.3) is 10.8 Å². The minimum atomic E-state index is -0.637. The summed E-state index contributed by atoms with van der Waals surface area (Å²) < 4.78 is 0. The molecule has 1 heterocycles. The van der Waals surface area contributed by atoms with Crippen molar-refractivity contribution in [1.82, 2.24) is 9.88 Å². The first-order valence-electron chi connectivity index (χ1n) is 13.0. The molecule has 3 unspecified atom stereocenters. The summed E-state index contributed by atoms with van der Waals surface area (Å²) in [6.45, 7) is 2.53. The van der Waals surface area contributed by atoms with E-state index < -0.39 is 5.60 Å². The molecule has 0 radical (unpaired) electrons. The van der Waals surface area contributed by atoms with E-state index >= 15 is 0 Å². The average molecular weight is 445 g/mol. The first kappa shape index (κ1) is 22.8. The lowest BCUT2D eigenvalue weighted by atomic mass is 9.67. The van der Waals surface area contributed by atoms with Gasteiger partial charge in [-0.3, -0.25) is 4.98 Å². The molecule has 3 heteroatoms. The summed E-state index contributed by atoms with van der Waals surface area (Å²) >= 11 is 0. The van der Waals surface area contributed by atoms with Crippen LogP contribution in [0.3, 0.4) is 0 Å². The molecule has 1 aromatic carbocycles. The number of aliphatic hydroxyl groups is 1. The molecule has 2 saturated carbocycles. The van der Waals surface area contributed by atoms with Crippen LogP contribution in [0.4, 0.5) is 0 Å². The third-order valence-electron chi connectivity index (χ3n) is 9.38. The summed E-state index contributed by atoms with van der Waals surface area (Å²) in [6, 6.07) is 9.60. The summed E-state index contributed by atoms with van der Waals surface area (Å²) in [4.78, 5) is 6.65. The number of nitrogens with zero attached hydrogens (tertiary/aromatic N) is 2. The van der Waals surface area contributed by atoms with Crippen LogP contribution < -0.4 is 0 Å². The van der Waals surface area contributed by atoms with Crippen LogP contribution >= 0.6 is 0 Å². The van der Waals surface area contributed by atoms with Crippen molar-refractivity contribution in [1.29, 1.82) is 0 Å². The molecule has 1 N–H and O–H groups in total. The van der Waals surface area contributed by atoms with Crippen LogP contribution in [0.15, 0.2) is 60.5 Å². The molecule has 3 aliphatic carbocycles. The maximum atomic E-state index is 11.7. The van der Waals surface area contributed by atoms with Gasteiger partial charge in [0.05, 0.1) is 5.60 Å². The maximum absolute atomic E-state index is 11.7. The van der Waals surface area contributed by atoms with E-state index in [1.165, 1.54) is 41.2 Å². The lowest BCUT2D eigenvalue weighted by Gasteiger charge is -2.42. The minimum Gasteiger partial charge on any atom is -0.385 e. The number of fused-ring (bicyclic) bond motifs is 3. The van der Waals surface area contributed by atoms with E-state index in [1.807, 2.05) is 12.4 Å². The first-order valence-corrected chi connectivity index (χ1v) is 13.0. The van der Waals surface area contributed by atoms with E-state index in [0.717, 1.165) is 38.5 Å². The molecule has 0 bridgehead atoms. The predicted octanol–water partition coefficient (Wildman–Crippen LogP) is 6.64. The molecule has 2 aromatic rings. The summed E-state index contributed by atoms with van der Waals surface area (Å²) in [5.74, 6) is 1.28. The molecule has 5 atom stereocenters. The zero-order valence-electron chi connectivity index (χ0n) is 20.6. The summed E-state index contributed by atoms with van der Waals surface area (Å²) in [5, 5.41) is 14.2. The van der Waals surface area contributed by atoms with Gasteiger partial charge in [-0.15, -0.1) is 0 Å². The fourth-order valence-corrected chi connectivity index (χ4v) is 7.23. The minimum absolute atomic E-state index is 0.259. The predicted molar refractivity (Wildman–Crippen MR) is 137 cm³/mol. The second-order valence-corrected chi connectivity index (χ2v) is 11.4. The van der Waals surface area contributed by atoms with Crippen molar-refractivity contribution < 1.29 is 5.11 Å². The first-order chi connectivity index (χ1) is 15.9. The summed E-state index contributed by atoms with van der Waals surface area (Å²) in [5.41, 5.74) is 2.35. The monoisotopic (exact) mass is 444 g/mol. The van der Waals surface area contributed by atoms with Gasteiger partial charge in [-0.25, -0.2) is 0 Å². The van der Waals surface area contributed by atoms with Crippen molar-refractivity contribution >= 4 is 10.8 Å². The maximum Gasteiger partial charge on any atom is 0.0874 e. The zero-order chi connectivity index (χ0) is 23.1. The Kier molecular flexibility index (Phi) is 6.22. The van der Waals surface area contributed by atoms with Crippen molar-refractivity contribution in [2.24, 2.45) is 11.3 Å². The standard InChI is InChI=1S/C30H40N2O/c1-29-16-5-4-7-26-11-13-27(32(2)3)20-30(26,33)17-6-8-25(29)12-14-28(29)23-10-9-22-15-18-31-21-24(22)19-23/h4-5,7,9-10,15,18-19,21,25,27-28,33H,6,8,11-14,16-17,20H2,1-3H3/b5-4+,26-7-/t25-,27?,28?,29?,30-/m1/s1. The van der Waals surface area contributed by atoms with Crippen LogP contribution in [-0.2, 0) is 0 Å². The third-order valence-corrected chi connectivity index (χ3v) is 9.38. The van der Waals surface area contributed by atoms with Gasteiger partial charge >= 0.3 is 0 Å². The number of aromatic nitrogens is 1. The molecule has 1 aromatic heterocycles. The van der Waals surface area contributed by atoms with Crippen molar-refractivity contribution in [2.45, 2.75) is 82.3 Å². The SMILES string of the molecule is CN(C)C1CC/C2=C/C=C/CC3(C)C(c4ccc5ccncc5c4)CC[C@H]3CCC[C@@]2(O)C1. The van der Waals surface area contributed by atoms with Crippen LogP contribution in [0.2, 0.25) is 0 Å². The summed E-state index contributed by atoms with van der Waals surface area (Å²) in [7, 11) is 4.31. The normalized spacial score (nSPS) is 37.6. The van der Waals surface area contributed by atoms with Crippen LogP contribution in [-0.4, -0.2) is 40.7 Å². The molecular formula is C30H40N2O. The topological polar surface area (TPSA) is 36.4 Å². The van der Waals surface area contributed by atoms with Gasteiger partial charge in [-0.2, -0.15) is 0 Å². The second kappa shape index (κ2) is 9.00. The van der Waals surface area contributed by atoms with Gasteiger partial charge in [0.15, 0.2) is 0 Å². The van der Waals surface area contributed by atoms with Crippen molar-refractivity contribution in [3.05, 3.63) is 66.0 Å². The Balaban J connectivity index is 1.41. The number of pyridine rings is 1. The molecular weight excluding hydrogens is 404 g/mol. The van der Waals surface area contributed by atoms with Crippen molar-refractivity contribution in [2.75, 3.05) is 14.1 Å². The van der Waals surface area contributed by atoms with Gasteiger partial charge in [-0.1, -0.05) is 37.3 Å². The average Bonchev–Trinajstić information content (AvgIpc) is 3.12. The lowest BCUT2D eigenvalue weighted by molar-refractivity contribution is 0.00992. The van der Waals surface area contributed by atoms with Crippen molar-refractivity contribution in [3.63, 3.8) is 0 Å². The quantitative estimate of drug-likeness (QED) is 0.564. The van der Waals surface area contributed by atoms with Gasteiger partial charge < -0.3 is 10.0 Å². The zero-order valence-corrected chi connectivity index (χ0v) is 20.6. The summed E-state index contributed by atoms with van der Waals surface area (Å²) in [6.07, 6.45) is 20.7. The van der Waals surface area contributed by atoms with E-state index in [9.17, 15) is 5.11 Å². The van der Waals surface area contributed by atoms with Crippen LogP contribution in [0.1, 0.15) is 76.2 Å². The molecule has 0 spiro atoms. The highest BCUT2D eigenvalue weighted by atomic mass is 16.3. The van der Waals surface area contributed by atoms with Crippen LogP contribution in [0.5, 0.6) is 0 Å². The molecule has 3 aliphatic rings. The number of hydrogen-bond donors (Lipinski definition) is 1. The van der Waals surface area contributed by atoms with E-state index in [0.29, 0.717) is 17.9 Å². The molecule has 3 nitrogen and oxygen atoms in total. The Morgan fingerprint density at radius 2 is 1.94 bits per heavy atom. The van der Waals surface area contributed by atoms with Gasteiger partial charge in [-0.05, 0) is 118 Å². The molecule has 176 valence electrons. The van der Waals surface area contributed by atoms with E-state index in [2.05, 4.69) is 73.4 Å². The van der Waals surface area contributed by atoms with Crippen molar-refractivity contribution in [3.8, 4) is 0 Å². The largest absolute Gasteiger partial charge is 0.385 e. The van der Waals surface area contributed by atoms with E-state index in [-0.39, 0.29) is 5.41 Å². The number of rotatable bonds is 2. The second-order valence-electron chi connectivity index (χ2n) is 11.4. The fraction of sp³-hybridized carbons (Fsp3) is 0.567. The molecule has 0 amide bonds.